The van der Waals surface area contributed by atoms with Crippen LogP contribution in [0.5, 0.6) is 17.2 Å². The molecule has 0 spiro atoms. The van der Waals surface area contributed by atoms with Crippen LogP contribution in [0.1, 0.15) is 88.8 Å². The molecule has 0 radical (unpaired) electrons. The second kappa shape index (κ2) is 9.24. The second-order valence-corrected chi connectivity index (χ2v) is 14.0. The van der Waals surface area contributed by atoms with Crippen molar-refractivity contribution in [3.05, 3.63) is 28.8 Å². The lowest BCUT2D eigenvalue weighted by atomic mass is 9.47. The Kier molecular flexibility index (Phi) is 6.13. The van der Waals surface area contributed by atoms with E-state index in [-0.39, 0.29) is 35.7 Å². The van der Waals surface area contributed by atoms with Gasteiger partial charge in [0.15, 0.2) is 11.5 Å². The first-order chi connectivity index (χ1) is 18.7. The van der Waals surface area contributed by atoms with E-state index in [4.69, 9.17) is 14.2 Å². The first-order valence-corrected chi connectivity index (χ1v) is 15.3. The molecule has 0 bridgehead atoms. The first-order valence-electron chi connectivity index (χ1n) is 15.3. The van der Waals surface area contributed by atoms with Crippen LogP contribution < -0.4 is 14.2 Å². The number of ether oxygens (including phenoxy) is 3. The van der Waals surface area contributed by atoms with Crippen LogP contribution in [0, 0.1) is 34.5 Å². The maximum absolute atomic E-state index is 14.3. The highest BCUT2D eigenvalue weighted by molar-refractivity contribution is 5.83. The Morgan fingerprint density at radius 3 is 2.82 bits per heavy atom. The molecule has 6 unspecified atom stereocenters. The van der Waals surface area contributed by atoms with Crippen molar-refractivity contribution in [3.63, 3.8) is 0 Å². The van der Waals surface area contributed by atoms with Crippen LogP contribution in [0.4, 0.5) is 0 Å². The molecule has 39 heavy (non-hydrogen) atoms. The average molecular weight is 536 g/mol. The van der Waals surface area contributed by atoms with Crippen molar-refractivity contribution in [2.45, 2.75) is 90.2 Å². The van der Waals surface area contributed by atoms with E-state index >= 15 is 0 Å². The summed E-state index contributed by atoms with van der Waals surface area (Å²) in [5, 5.41) is 10.3. The molecule has 6 heteroatoms. The van der Waals surface area contributed by atoms with E-state index in [0.717, 1.165) is 68.6 Å². The van der Waals surface area contributed by atoms with Crippen molar-refractivity contribution in [1.29, 1.82) is 0 Å². The van der Waals surface area contributed by atoms with Gasteiger partial charge < -0.3 is 19.3 Å². The quantitative estimate of drug-likeness (QED) is 0.488. The largest absolute Gasteiger partial charge is 0.492 e. The number of hydrogen-bond acceptors (Lipinski definition) is 6. The molecule has 2 aliphatic heterocycles. The third-order valence-electron chi connectivity index (χ3n) is 12.4. The Morgan fingerprint density at radius 2 is 2.00 bits per heavy atom. The number of carbonyl (C=O) groups excluding carboxylic acids is 1. The van der Waals surface area contributed by atoms with Gasteiger partial charge in [0, 0.05) is 30.5 Å². The van der Waals surface area contributed by atoms with Gasteiger partial charge in [0.05, 0.1) is 13.2 Å². The van der Waals surface area contributed by atoms with Crippen molar-refractivity contribution in [1.82, 2.24) is 4.90 Å². The highest BCUT2D eigenvalue weighted by Crippen LogP contribution is 2.66. The van der Waals surface area contributed by atoms with Crippen LogP contribution in [-0.2, 0) is 11.2 Å². The van der Waals surface area contributed by atoms with Gasteiger partial charge in [-0.05, 0) is 105 Å². The molecule has 1 aromatic carbocycles. The van der Waals surface area contributed by atoms with Crippen LogP contribution in [0.25, 0.3) is 0 Å². The number of benzene rings is 1. The topological polar surface area (TPSA) is 68.2 Å². The molecule has 6 aliphatic rings. The van der Waals surface area contributed by atoms with Crippen molar-refractivity contribution in [2.75, 3.05) is 27.5 Å². The van der Waals surface area contributed by atoms with Gasteiger partial charge in [0.2, 0.25) is 12.5 Å². The van der Waals surface area contributed by atoms with Gasteiger partial charge >= 0.3 is 0 Å². The fourth-order valence-electron chi connectivity index (χ4n) is 10.3. The molecular weight excluding hydrogens is 490 g/mol. The standard InChI is InChI=1S/C33H45NO5/c1-32-12-9-21(35)16-20(32)5-6-22-23-7-8-25(33(23,2)13-10-24(22)32)27(36)17-26-29-19(11-14-34(26)3)15-28-30(31(29)37-4)39-18-38-28/h5,15,21-26,35H,6-14,16-18H2,1-4H3/t21?,22?,23?,24?,25?,26?,32-,33-/m0/s1. The van der Waals surface area contributed by atoms with Gasteiger partial charge in [-0.25, -0.2) is 0 Å². The summed E-state index contributed by atoms with van der Waals surface area (Å²) in [7, 11) is 3.84. The number of carbonyl (C=O) groups is 1. The predicted molar refractivity (Wildman–Crippen MR) is 149 cm³/mol. The van der Waals surface area contributed by atoms with Crippen molar-refractivity contribution in [3.8, 4) is 17.2 Å². The third-order valence-corrected chi connectivity index (χ3v) is 12.4. The lowest BCUT2D eigenvalue weighted by Crippen LogP contribution is -2.51. The van der Waals surface area contributed by atoms with Crippen LogP contribution in [0.2, 0.25) is 0 Å². The first kappa shape index (κ1) is 25.9. The van der Waals surface area contributed by atoms with Crippen molar-refractivity contribution < 1.29 is 24.1 Å². The Balaban J connectivity index is 1.15. The molecule has 0 saturated heterocycles. The van der Waals surface area contributed by atoms with Crippen LogP contribution in [-0.4, -0.2) is 49.4 Å². The number of methoxy groups -OCH3 is 1. The summed E-state index contributed by atoms with van der Waals surface area (Å²) in [5.74, 6) is 4.74. The number of rotatable bonds is 4. The van der Waals surface area contributed by atoms with E-state index in [2.05, 4.69) is 37.9 Å². The molecule has 1 aromatic rings. The van der Waals surface area contributed by atoms with E-state index in [1.165, 1.54) is 24.0 Å². The third kappa shape index (κ3) is 3.76. The minimum absolute atomic E-state index is 0.00237. The summed E-state index contributed by atoms with van der Waals surface area (Å²) >= 11 is 0. The minimum Gasteiger partial charge on any atom is -0.492 e. The number of likely N-dealkylation sites (N-methyl/N-ethyl adjacent to an activating group) is 1. The summed E-state index contributed by atoms with van der Waals surface area (Å²) in [4.78, 5) is 16.6. The van der Waals surface area contributed by atoms with E-state index in [1.54, 1.807) is 7.11 Å². The van der Waals surface area contributed by atoms with Gasteiger partial charge in [0.1, 0.15) is 5.78 Å². The Hall–Kier alpha value is -2.05. The SMILES string of the molecule is COc1c2c(cc3c1C(CC(=O)C1CCC4C5CC=C6CC(O)CC[C@]6(C)C5CC[C@]14C)N(C)CC3)OCO2. The minimum atomic E-state index is -0.162. The smallest absolute Gasteiger partial charge is 0.231 e. The molecule has 2 heterocycles. The zero-order chi connectivity index (χ0) is 27.1. The van der Waals surface area contributed by atoms with Gasteiger partial charge in [-0.2, -0.15) is 0 Å². The predicted octanol–water partition coefficient (Wildman–Crippen LogP) is 5.85. The fourth-order valence-corrected chi connectivity index (χ4v) is 10.3. The number of fused-ring (bicyclic) bond motifs is 7. The van der Waals surface area contributed by atoms with Crippen LogP contribution in [0.15, 0.2) is 17.7 Å². The van der Waals surface area contributed by atoms with Gasteiger partial charge in [-0.1, -0.05) is 25.5 Å². The monoisotopic (exact) mass is 535 g/mol. The lowest BCUT2D eigenvalue weighted by molar-refractivity contribution is -0.131. The number of ketones is 1. The zero-order valence-electron chi connectivity index (χ0n) is 24.1. The number of nitrogens with zero attached hydrogens (tertiary/aromatic N) is 1. The maximum atomic E-state index is 14.3. The van der Waals surface area contributed by atoms with Crippen molar-refractivity contribution in [2.24, 2.45) is 34.5 Å². The zero-order valence-corrected chi connectivity index (χ0v) is 24.1. The Labute approximate surface area is 233 Å². The van der Waals surface area contributed by atoms with Crippen LogP contribution >= 0.6 is 0 Å². The summed E-state index contributed by atoms with van der Waals surface area (Å²) < 4.78 is 17.4. The molecule has 0 aromatic heterocycles. The molecule has 8 atom stereocenters. The highest BCUT2D eigenvalue weighted by atomic mass is 16.7. The number of aliphatic hydroxyl groups excluding tert-OH is 1. The summed E-state index contributed by atoms with van der Waals surface area (Å²) in [6.07, 6.45) is 12.4. The Morgan fingerprint density at radius 1 is 1.15 bits per heavy atom. The number of aliphatic hydroxyl groups is 1. The van der Waals surface area contributed by atoms with Crippen molar-refractivity contribution >= 4 is 5.78 Å². The molecule has 1 N–H and O–H groups in total. The number of hydrogen-bond donors (Lipinski definition) is 1. The van der Waals surface area contributed by atoms with E-state index in [1.807, 2.05) is 0 Å². The molecule has 3 fully saturated rings. The van der Waals surface area contributed by atoms with E-state index in [9.17, 15) is 9.90 Å². The highest BCUT2D eigenvalue weighted by Gasteiger charge is 2.60. The van der Waals surface area contributed by atoms with E-state index < -0.39 is 0 Å². The second-order valence-electron chi connectivity index (χ2n) is 14.0. The van der Waals surface area contributed by atoms with Gasteiger partial charge in [0.25, 0.3) is 0 Å². The van der Waals surface area contributed by atoms with Gasteiger partial charge in [-0.3, -0.25) is 9.69 Å². The molecule has 7 rings (SSSR count). The lowest BCUT2D eigenvalue weighted by Gasteiger charge is -2.58. The normalized spacial score (nSPS) is 40.7. The molecule has 3 saturated carbocycles. The summed E-state index contributed by atoms with van der Waals surface area (Å²) in [6.45, 7) is 6.07. The molecule has 0 amide bonds. The summed E-state index contributed by atoms with van der Waals surface area (Å²) in [5.41, 5.74) is 4.18. The maximum Gasteiger partial charge on any atom is 0.231 e. The van der Waals surface area contributed by atoms with E-state index in [0.29, 0.717) is 35.7 Å². The molecule has 6 nitrogen and oxygen atoms in total. The molecule has 4 aliphatic carbocycles. The number of allylic oxidation sites excluding steroid dienone is 1. The molecule has 212 valence electrons. The average Bonchev–Trinajstić information content (AvgIpc) is 3.53. The molecular formula is C33H45NO5. The fraction of sp³-hybridized carbons (Fsp3) is 0.727. The van der Waals surface area contributed by atoms with Crippen LogP contribution in [0.3, 0.4) is 0 Å². The number of Topliss-reactive ketones (excluding diaryl/α,β-unsaturated/α-hetero) is 1. The summed E-state index contributed by atoms with van der Waals surface area (Å²) in [6, 6.07) is 2.10. The Bertz CT molecular complexity index is 1210. The van der Waals surface area contributed by atoms with Gasteiger partial charge in [-0.15, -0.1) is 0 Å².